The smallest absolute Gasteiger partial charge is 0.402 e. The largest absolute Gasteiger partial charge is 0.408 e. The molecule has 0 aromatic rings. The molecule has 0 aliphatic carbocycles. The normalized spacial score (nSPS) is 12.3. The van der Waals surface area contributed by atoms with E-state index in [0.717, 1.165) is 0 Å². The van der Waals surface area contributed by atoms with Crippen molar-refractivity contribution in [1.29, 1.82) is 0 Å². The Balaban J connectivity index is 0. The van der Waals surface area contributed by atoms with Crippen LogP contribution in [0, 0.1) is 0 Å². The molecule has 128 valence electrons. The second-order valence-electron chi connectivity index (χ2n) is 2.83. The predicted octanol–water partition coefficient (Wildman–Crippen LogP) is 3.73. The molecule has 0 aromatic heterocycles. The number of halogens is 10. The first-order valence-corrected chi connectivity index (χ1v) is 5.65. The van der Waals surface area contributed by atoms with E-state index in [4.69, 9.17) is 0 Å². The van der Waals surface area contributed by atoms with E-state index in [9.17, 15) is 52.0 Å². The van der Waals surface area contributed by atoms with Gasteiger partial charge >= 0.3 is 34.6 Å². The molecule has 0 N–H and O–H groups in total. The van der Waals surface area contributed by atoms with E-state index in [2.05, 4.69) is 9.68 Å². The fraction of sp³-hybridized carbons (Fsp3) is 0.667. The number of alkyl halides is 5. The Bertz CT molecular complexity index is 437. The molecule has 0 heterocycles. The molecule has 0 saturated heterocycles. The van der Waals surface area contributed by atoms with Gasteiger partial charge in [-0.05, 0) is 4.53 Å². The molecule has 0 amide bonds. The third kappa shape index (κ3) is 16.7. The number of ether oxygens (including phenoxy) is 1. The molecule has 0 aliphatic rings. The highest BCUT2D eigenvalue weighted by atomic mass is 32.3. The highest BCUT2D eigenvalue weighted by Gasteiger charge is 2.46. The Kier molecular flexibility index (Phi) is 8.66. The second-order valence-corrected chi connectivity index (χ2v) is 4.14. The quantitative estimate of drug-likeness (QED) is 0.425. The molecule has 0 spiro atoms. The summed E-state index contributed by atoms with van der Waals surface area (Å²) in [6.45, 7) is 0. The molecular formula is C6H4F10O4S. The molecule has 15 heteroatoms. The standard InChI is InChI=1S/C5H2F8O.CH2F2O3S/c6-2(7)3(8)14-5(12,13)1-4(9,10)11;2-6-1-7(3,4)5/h1H2;1H2. The highest BCUT2D eigenvalue weighted by molar-refractivity contribution is 7.86. The summed E-state index contributed by atoms with van der Waals surface area (Å²) in [6, 6.07) is -3.03. The maximum absolute atomic E-state index is 12.0. The van der Waals surface area contributed by atoms with Crippen LogP contribution in [-0.2, 0) is 19.9 Å². The van der Waals surface area contributed by atoms with Crippen molar-refractivity contribution in [3.63, 3.8) is 0 Å². The summed E-state index contributed by atoms with van der Waals surface area (Å²) < 4.78 is 134. The zero-order valence-electron chi connectivity index (χ0n) is 9.24. The number of hydrogen-bond donors (Lipinski definition) is 0. The molecule has 0 atom stereocenters. The van der Waals surface area contributed by atoms with Gasteiger partial charge in [-0.25, -0.2) is 0 Å². The Morgan fingerprint density at radius 1 is 1.00 bits per heavy atom. The van der Waals surface area contributed by atoms with E-state index in [-0.39, 0.29) is 0 Å². The lowest BCUT2D eigenvalue weighted by Gasteiger charge is -2.17. The van der Waals surface area contributed by atoms with Gasteiger partial charge in [0.2, 0.25) is 5.94 Å². The summed E-state index contributed by atoms with van der Waals surface area (Å²) in [5.41, 5.74) is 0. The molecule has 0 aliphatic heterocycles. The van der Waals surface area contributed by atoms with E-state index < -0.39 is 47.0 Å². The second kappa shape index (κ2) is 8.26. The Morgan fingerprint density at radius 3 is 1.62 bits per heavy atom. The van der Waals surface area contributed by atoms with Crippen molar-refractivity contribution in [1.82, 2.24) is 0 Å². The Labute approximate surface area is 110 Å². The molecule has 4 nitrogen and oxygen atoms in total. The van der Waals surface area contributed by atoms with Crippen LogP contribution in [0.25, 0.3) is 0 Å². The molecule has 0 bridgehead atoms. The maximum atomic E-state index is 12.0. The summed E-state index contributed by atoms with van der Waals surface area (Å²) in [5, 5.41) is 0. The summed E-state index contributed by atoms with van der Waals surface area (Å²) >= 11 is 0. The van der Waals surface area contributed by atoms with Gasteiger partial charge in [0.25, 0.3) is 0 Å². The zero-order chi connectivity index (χ0) is 17.5. The molecule has 0 aromatic carbocycles. The average Bonchev–Trinajstić information content (AvgIpc) is 2.10. The van der Waals surface area contributed by atoms with Crippen molar-refractivity contribution >= 4 is 10.2 Å². The summed E-state index contributed by atoms with van der Waals surface area (Å²) in [6.07, 6.45) is -16.5. The van der Waals surface area contributed by atoms with Gasteiger partial charge in [0.1, 0.15) is 6.42 Å². The van der Waals surface area contributed by atoms with E-state index >= 15 is 0 Å². The van der Waals surface area contributed by atoms with Crippen LogP contribution >= 0.6 is 0 Å². The van der Waals surface area contributed by atoms with Crippen molar-refractivity contribution in [3.05, 3.63) is 12.1 Å². The highest BCUT2D eigenvalue weighted by Crippen LogP contribution is 2.34. The van der Waals surface area contributed by atoms with Crippen LogP contribution in [-0.4, -0.2) is 26.6 Å². The van der Waals surface area contributed by atoms with Crippen LogP contribution in [0.5, 0.6) is 0 Å². The molecule has 0 radical (unpaired) electrons. The lowest BCUT2D eigenvalue weighted by Crippen LogP contribution is -2.28. The van der Waals surface area contributed by atoms with Crippen LogP contribution < -0.4 is 0 Å². The Morgan fingerprint density at radius 2 is 1.43 bits per heavy atom. The van der Waals surface area contributed by atoms with Crippen molar-refractivity contribution in [2.24, 2.45) is 0 Å². The van der Waals surface area contributed by atoms with Crippen molar-refractivity contribution < 1.29 is 61.6 Å². The van der Waals surface area contributed by atoms with E-state index in [1.807, 2.05) is 0 Å². The van der Waals surface area contributed by atoms with Gasteiger partial charge in [-0.2, -0.15) is 48.5 Å². The van der Waals surface area contributed by atoms with Crippen LogP contribution in [0.15, 0.2) is 12.1 Å². The van der Waals surface area contributed by atoms with E-state index in [1.165, 1.54) is 0 Å². The average molecular weight is 362 g/mol. The van der Waals surface area contributed by atoms with Crippen molar-refractivity contribution in [3.8, 4) is 0 Å². The van der Waals surface area contributed by atoms with Gasteiger partial charge in [-0.3, -0.25) is 0 Å². The van der Waals surface area contributed by atoms with Crippen LogP contribution in [0.1, 0.15) is 6.42 Å². The summed E-state index contributed by atoms with van der Waals surface area (Å²) in [7, 11) is -4.77. The molecule has 0 saturated carbocycles. The van der Waals surface area contributed by atoms with Gasteiger partial charge in [-0.1, -0.05) is 0 Å². The lowest BCUT2D eigenvalue weighted by atomic mass is 10.4. The van der Waals surface area contributed by atoms with E-state index in [0.29, 0.717) is 0 Å². The first-order valence-electron chi connectivity index (χ1n) is 4.10. The van der Waals surface area contributed by atoms with Crippen LogP contribution in [0.3, 0.4) is 0 Å². The minimum atomic E-state index is -5.35. The van der Waals surface area contributed by atoms with Gasteiger partial charge in [0.05, 0.1) is 0 Å². The minimum Gasteiger partial charge on any atom is -0.402 e. The summed E-state index contributed by atoms with van der Waals surface area (Å²) in [5.74, 6) is -1.52. The van der Waals surface area contributed by atoms with Gasteiger partial charge in [-0.15, -0.1) is 3.89 Å². The fourth-order valence-electron chi connectivity index (χ4n) is 0.492. The summed E-state index contributed by atoms with van der Waals surface area (Å²) in [4.78, 5) is 2.44. The molecular weight excluding hydrogens is 358 g/mol. The van der Waals surface area contributed by atoms with Crippen molar-refractivity contribution in [2.45, 2.75) is 18.7 Å². The Hall–Kier alpha value is -1.25. The minimum absolute atomic E-state index is 1.52. The maximum Gasteiger partial charge on any atom is 0.408 e. The van der Waals surface area contributed by atoms with Crippen LogP contribution in [0.4, 0.5) is 43.5 Å². The molecule has 21 heavy (non-hydrogen) atoms. The van der Waals surface area contributed by atoms with Crippen LogP contribution in [0.2, 0.25) is 0 Å². The number of hydrogen-bond acceptors (Lipinski definition) is 4. The first-order chi connectivity index (χ1) is 9.09. The SMILES string of the molecule is FC(F)=C(F)OC(F)(F)CC(F)(F)F.O=S(=O)(F)COF. The topological polar surface area (TPSA) is 52.6 Å². The lowest BCUT2D eigenvalue weighted by molar-refractivity contribution is -0.285. The van der Waals surface area contributed by atoms with Gasteiger partial charge in [0.15, 0.2) is 0 Å². The molecule has 0 unspecified atom stereocenters. The van der Waals surface area contributed by atoms with Gasteiger partial charge in [0, 0.05) is 0 Å². The zero-order valence-corrected chi connectivity index (χ0v) is 10.1. The third-order valence-electron chi connectivity index (χ3n) is 0.979. The van der Waals surface area contributed by atoms with Gasteiger partial charge < -0.3 is 4.74 Å². The number of rotatable bonds is 5. The fourth-order valence-corrected chi connectivity index (χ4v) is 0.599. The molecule has 0 fully saturated rings. The van der Waals surface area contributed by atoms with Crippen molar-refractivity contribution in [2.75, 3.05) is 5.94 Å². The third-order valence-corrected chi connectivity index (χ3v) is 1.35. The molecule has 0 rings (SSSR count). The van der Waals surface area contributed by atoms with E-state index in [1.54, 1.807) is 0 Å². The monoisotopic (exact) mass is 362 g/mol. The first kappa shape index (κ1) is 22.0. The predicted molar refractivity (Wildman–Crippen MR) is 44.1 cm³/mol.